The Morgan fingerprint density at radius 3 is 2.71 bits per heavy atom. The van der Waals surface area contributed by atoms with Crippen molar-refractivity contribution in [3.8, 4) is 0 Å². The fourth-order valence-electron chi connectivity index (χ4n) is 3.01. The largest absolute Gasteiger partial charge is 0.392 e. The lowest BCUT2D eigenvalue weighted by Gasteiger charge is -2.27. The van der Waals surface area contributed by atoms with E-state index in [9.17, 15) is 5.11 Å². The van der Waals surface area contributed by atoms with E-state index in [4.69, 9.17) is 0 Å². The van der Waals surface area contributed by atoms with Crippen molar-refractivity contribution in [3.05, 3.63) is 29.3 Å². The highest BCUT2D eigenvalue weighted by atomic mass is 32.2. The number of hydrogen-bond donors (Lipinski definition) is 1. The summed E-state index contributed by atoms with van der Waals surface area (Å²) in [7, 11) is 0. The van der Waals surface area contributed by atoms with E-state index in [0.717, 1.165) is 6.42 Å². The summed E-state index contributed by atoms with van der Waals surface area (Å²) in [6.07, 6.45) is 8.36. The first-order chi connectivity index (χ1) is 8.33. The molecule has 92 valence electrons. The number of aryl methyl sites for hydroxylation is 2. The number of aliphatic hydroxyl groups excluding tert-OH is 1. The highest BCUT2D eigenvalue weighted by Gasteiger charge is 2.24. The number of fused-ring (bicyclic) bond motifs is 1. The van der Waals surface area contributed by atoms with Gasteiger partial charge in [-0.2, -0.15) is 0 Å². The van der Waals surface area contributed by atoms with Crippen LogP contribution in [0.4, 0.5) is 0 Å². The van der Waals surface area contributed by atoms with Crippen molar-refractivity contribution >= 4 is 11.8 Å². The van der Waals surface area contributed by atoms with Gasteiger partial charge < -0.3 is 5.11 Å². The second-order valence-electron chi connectivity index (χ2n) is 5.29. The predicted molar refractivity (Wildman–Crippen MR) is 72.6 cm³/mol. The standard InChI is InChI=1S/C15H20OS/c16-14-6-1-2-7-15(14)17-13-9-8-11-4-3-5-12(11)10-13/h8-10,14-16H,1-7H2/t14-,15-/m1/s1. The summed E-state index contributed by atoms with van der Waals surface area (Å²) >= 11 is 1.89. The van der Waals surface area contributed by atoms with E-state index in [1.807, 2.05) is 11.8 Å². The first kappa shape index (κ1) is 11.6. The van der Waals surface area contributed by atoms with Crippen molar-refractivity contribution in [1.29, 1.82) is 0 Å². The molecule has 0 aromatic heterocycles. The van der Waals surface area contributed by atoms with Gasteiger partial charge in [0.15, 0.2) is 0 Å². The molecule has 2 aliphatic rings. The van der Waals surface area contributed by atoms with Crippen LogP contribution in [-0.2, 0) is 12.8 Å². The Labute approximate surface area is 108 Å². The van der Waals surface area contributed by atoms with Crippen molar-refractivity contribution in [2.75, 3.05) is 0 Å². The number of thioether (sulfide) groups is 1. The summed E-state index contributed by atoms with van der Waals surface area (Å²) in [5, 5.41) is 10.4. The molecule has 2 aliphatic carbocycles. The van der Waals surface area contributed by atoms with Crippen LogP contribution in [-0.4, -0.2) is 16.5 Å². The minimum Gasteiger partial charge on any atom is -0.392 e. The zero-order chi connectivity index (χ0) is 11.7. The number of aliphatic hydroxyl groups is 1. The Bertz CT molecular complexity index is 402. The van der Waals surface area contributed by atoms with Crippen molar-refractivity contribution in [2.45, 2.75) is 61.2 Å². The molecule has 1 aromatic carbocycles. The molecule has 3 rings (SSSR count). The fourth-order valence-corrected chi connectivity index (χ4v) is 4.30. The average molecular weight is 248 g/mol. The maximum atomic E-state index is 10.0. The summed E-state index contributed by atoms with van der Waals surface area (Å²) < 4.78 is 0. The van der Waals surface area contributed by atoms with E-state index in [2.05, 4.69) is 18.2 Å². The Morgan fingerprint density at radius 1 is 1.00 bits per heavy atom. The van der Waals surface area contributed by atoms with E-state index >= 15 is 0 Å². The van der Waals surface area contributed by atoms with Gasteiger partial charge in [0.2, 0.25) is 0 Å². The summed E-state index contributed by atoms with van der Waals surface area (Å²) in [6, 6.07) is 6.89. The summed E-state index contributed by atoms with van der Waals surface area (Å²) in [6.45, 7) is 0. The average Bonchev–Trinajstić information content (AvgIpc) is 2.79. The van der Waals surface area contributed by atoms with Crippen molar-refractivity contribution in [1.82, 2.24) is 0 Å². The lowest BCUT2D eigenvalue weighted by molar-refractivity contribution is 0.137. The van der Waals surface area contributed by atoms with Gasteiger partial charge in [-0.1, -0.05) is 18.9 Å². The zero-order valence-corrected chi connectivity index (χ0v) is 11.0. The van der Waals surface area contributed by atoms with E-state index in [1.54, 1.807) is 11.1 Å². The Morgan fingerprint density at radius 2 is 1.82 bits per heavy atom. The maximum Gasteiger partial charge on any atom is 0.0662 e. The van der Waals surface area contributed by atoms with E-state index in [0.29, 0.717) is 5.25 Å². The minimum atomic E-state index is -0.0954. The zero-order valence-electron chi connectivity index (χ0n) is 10.2. The molecular weight excluding hydrogens is 228 g/mol. The van der Waals surface area contributed by atoms with Gasteiger partial charge in [0.25, 0.3) is 0 Å². The second kappa shape index (κ2) is 5.03. The van der Waals surface area contributed by atoms with Crippen LogP contribution in [0.2, 0.25) is 0 Å². The molecule has 0 spiro atoms. The molecule has 0 unspecified atom stereocenters. The molecule has 2 heteroatoms. The topological polar surface area (TPSA) is 20.2 Å². The molecule has 0 aliphatic heterocycles. The van der Waals surface area contributed by atoms with Gasteiger partial charge in [-0.05, 0) is 55.4 Å². The summed E-state index contributed by atoms with van der Waals surface area (Å²) in [5.41, 5.74) is 3.08. The van der Waals surface area contributed by atoms with Crippen molar-refractivity contribution in [2.24, 2.45) is 0 Å². The van der Waals surface area contributed by atoms with Gasteiger partial charge in [-0.3, -0.25) is 0 Å². The Balaban J connectivity index is 1.72. The van der Waals surface area contributed by atoms with Gasteiger partial charge in [0, 0.05) is 10.1 Å². The van der Waals surface area contributed by atoms with Gasteiger partial charge in [0.1, 0.15) is 0 Å². The summed E-state index contributed by atoms with van der Waals surface area (Å²) in [5.74, 6) is 0. The van der Waals surface area contributed by atoms with Gasteiger partial charge >= 0.3 is 0 Å². The molecule has 0 saturated heterocycles. The molecule has 1 fully saturated rings. The highest BCUT2D eigenvalue weighted by Crippen LogP contribution is 2.35. The molecular formula is C15H20OS. The van der Waals surface area contributed by atoms with Gasteiger partial charge in [-0.25, -0.2) is 0 Å². The van der Waals surface area contributed by atoms with Crippen LogP contribution in [0.15, 0.2) is 23.1 Å². The third-order valence-corrected chi connectivity index (χ3v) is 5.40. The van der Waals surface area contributed by atoms with Crippen molar-refractivity contribution < 1.29 is 5.11 Å². The molecule has 0 bridgehead atoms. The van der Waals surface area contributed by atoms with Crippen molar-refractivity contribution in [3.63, 3.8) is 0 Å². The number of hydrogen-bond acceptors (Lipinski definition) is 2. The number of benzene rings is 1. The molecule has 1 N–H and O–H groups in total. The summed E-state index contributed by atoms with van der Waals surface area (Å²) in [4.78, 5) is 1.36. The second-order valence-corrected chi connectivity index (χ2v) is 6.60. The van der Waals surface area contributed by atoms with Gasteiger partial charge in [0.05, 0.1) is 6.10 Å². The van der Waals surface area contributed by atoms with Crippen LogP contribution in [0.25, 0.3) is 0 Å². The van der Waals surface area contributed by atoms with Crippen LogP contribution < -0.4 is 0 Å². The smallest absolute Gasteiger partial charge is 0.0662 e. The highest BCUT2D eigenvalue weighted by molar-refractivity contribution is 8.00. The lowest BCUT2D eigenvalue weighted by atomic mass is 9.97. The fraction of sp³-hybridized carbons (Fsp3) is 0.600. The molecule has 17 heavy (non-hydrogen) atoms. The van der Waals surface area contributed by atoms with Gasteiger partial charge in [-0.15, -0.1) is 11.8 Å². The SMILES string of the molecule is O[C@@H]1CCCC[C@H]1Sc1ccc2c(c1)CCC2. The molecule has 1 nitrogen and oxygen atoms in total. The quantitative estimate of drug-likeness (QED) is 0.863. The monoisotopic (exact) mass is 248 g/mol. The van der Waals surface area contributed by atoms with E-state index in [-0.39, 0.29) is 6.10 Å². The molecule has 1 aromatic rings. The van der Waals surface area contributed by atoms with E-state index < -0.39 is 0 Å². The lowest BCUT2D eigenvalue weighted by Crippen LogP contribution is -2.26. The van der Waals surface area contributed by atoms with Crippen LogP contribution >= 0.6 is 11.8 Å². The van der Waals surface area contributed by atoms with Crippen LogP contribution in [0.1, 0.15) is 43.2 Å². The molecule has 0 heterocycles. The predicted octanol–water partition coefficient (Wildman–Crippen LogP) is 3.57. The van der Waals surface area contributed by atoms with Crippen LogP contribution in [0, 0.1) is 0 Å². The van der Waals surface area contributed by atoms with Crippen LogP contribution in [0.3, 0.4) is 0 Å². The first-order valence-electron chi connectivity index (χ1n) is 6.79. The third kappa shape index (κ3) is 2.53. The third-order valence-electron chi connectivity index (χ3n) is 4.03. The van der Waals surface area contributed by atoms with Crippen LogP contribution in [0.5, 0.6) is 0 Å². The molecule has 0 radical (unpaired) electrons. The Kier molecular flexibility index (Phi) is 3.44. The maximum absolute atomic E-state index is 10.0. The Hall–Kier alpha value is -0.470. The minimum absolute atomic E-state index is 0.0954. The molecule has 2 atom stereocenters. The number of rotatable bonds is 2. The first-order valence-corrected chi connectivity index (χ1v) is 7.67. The molecule has 0 amide bonds. The van der Waals surface area contributed by atoms with E-state index in [1.165, 1.54) is 43.4 Å². The normalized spacial score (nSPS) is 28.1. The molecule has 1 saturated carbocycles.